The first kappa shape index (κ1) is 19.8. The number of nitro groups is 1. The Labute approximate surface area is 173 Å². The van der Waals surface area contributed by atoms with Crippen LogP contribution in [0.4, 0.5) is 5.69 Å². The largest absolute Gasteiger partial charge is 0.311 e. The summed E-state index contributed by atoms with van der Waals surface area (Å²) in [5, 5.41) is 28.7. The fourth-order valence-electron chi connectivity index (χ4n) is 4.55. The molecule has 9 heteroatoms. The molecule has 1 heterocycles. The summed E-state index contributed by atoms with van der Waals surface area (Å²) >= 11 is 1.21. The number of benzene rings is 1. The lowest BCUT2D eigenvalue weighted by Gasteiger charge is -2.34. The third kappa shape index (κ3) is 3.27. The number of hydrogen-bond donors (Lipinski definition) is 0. The van der Waals surface area contributed by atoms with Gasteiger partial charge in [-0.25, -0.2) is 0 Å². The van der Waals surface area contributed by atoms with E-state index in [-0.39, 0.29) is 21.4 Å². The zero-order valence-electron chi connectivity index (χ0n) is 17.0. The van der Waals surface area contributed by atoms with Gasteiger partial charge < -0.3 is 4.57 Å². The Bertz CT molecular complexity index is 1030. The zero-order chi connectivity index (χ0) is 20.8. The van der Waals surface area contributed by atoms with Crippen LogP contribution in [-0.4, -0.2) is 31.6 Å². The lowest BCUT2D eigenvalue weighted by molar-refractivity contribution is -0.387. The van der Waals surface area contributed by atoms with Gasteiger partial charge in [0.25, 0.3) is 5.69 Å². The smallest absolute Gasteiger partial charge is 0.283 e. The van der Waals surface area contributed by atoms with Crippen LogP contribution in [0.5, 0.6) is 0 Å². The van der Waals surface area contributed by atoms with Gasteiger partial charge >= 0.3 is 0 Å². The van der Waals surface area contributed by atoms with Gasteiger partial charge in [-0.15, -0.1) is 10.2 Å². The van der Waals surface area contributed by atoms with E-state index in [1.54, 1.807) is 30.2 Å². The van der Waals surface area contributed by atoms with Gasteiger partial charge in [0.1, 0.15) is 6.33 Å². The molecule has 0 radical (unpaired) electrons. The summed E-state index contributed by atoms with van der Waals surface area (Å²) in [6.07, 6.45) is 6.56. The first-order chi connectivity index (χ1) is 13.7. The Morgan fingerprint density at radius 1 is 1.38 bits per heavy atom. The summed E-state index contributed by atoms with van der Waals surface area (Å²) in [4.78, 5) is 11.7. The average molecular weight is 413 g/mol. The standard InChI is InChI=1S/C20H24N6O2S/c1-19(2)14-7-8-20(19,3)17(10-14)23-21-11-13-5-6-16(15(9-13)26(27)28)29-18-24-22-12-25(18)4/h5-6,9,11-12,14H,7-8,10H2,1-4H3/b21-11-,23-17-/t14-,20-/m1/s1. The van der Waals surface area contributed by atoms with Crippen LogP contribution in [0, 0.1) is 26.9 Å². The van der Waals surface area contributed by atoms with Crippen LogP contribution in [0.3, 0.4) is 0 Å². The maximum atomic E-state index is 11.5. The third-order valence-corrected chi connectivity index (χ3v) is 8.07. The van der Waals surface area contributed by atoms with E-state index in [9.17, 15) is 10.1 Å². The highest BCUT2D eigenvalue weighted by Crippen LogP contribution is 2.64. The second-order valence-electron chi connectivity index (χ2n) is 8.60. The van der Waals surface area contributed by atoms with Crippen molar-refractivity contribution in [3.8, 4) is 0 Å². The molecular weight excluding hydrogens is 388 g/mol. The SMILES string of the molecule is Cn1cnnc1Sc1ccc(/C=N\N=C2\C[C@H]3CC[C@@]2(C)C3(C)C)cc1[N+](=O)[O-]. The van der Waals surface area contributed by atoms with Crippen molar-refractivity contribution >= 4 is 29.4 Å². The molecule has 0 aliphatic heterocycles. The predicted octanol–water partition coefficient (Wildman–Crippen LogP) is 4.50. The number of hydrogen-bond acceptors (Lipinski definition) is 7. The summed E-state index contributed by atoms with van der Waals surface area (Å²) in [7, 11) is 1.80. The van der Waals surface area contributed by atoms with Crippen LogP contribution in [0.15, 0.2) is 44.8 Å². The topological polar surface area (TPSA) is 98.6 Å². The van der Waals surface area contributed by atoms with E-state index < -0.39 is 0 Å². The Morgan fingerprint density at radius 3 is 2.76 bits per heavy atom. The number of aromatic nitrogens is 3. The molecule has 2 saturated carbocycles. The average Bonchev–Trinajstić information content (AvgIpc) is 3.23. The number of nitro benzene ring substituents is 1. The molecule has 152 valence electrons. The van der Waals surface area contributed by atoms with Crippen molar-refractivity contribution < 1.29 is 4.92 Å². The van der Waals surface area contributed by atoms with Gasteiger partial charge in [-0.1, -0.05) is 26.8 Å². The van der Waals surface area contributed by atoms with Crippen molar-refractivity contribution in [1.82, 2.24) is 14.8 Å². The molecule has 2 atom stereocenters. The van der Waals surface area contributed by atoms with Crippen LogP contribution in [0.25, 0.3) is 0 Å². The molecule has 1 aromatic carbocycles. The summed E-state index contributed by atoms with van der Waals surface area (Å²) in [6, 6.07) is 5.05. The van der Waals surface area contributed by atoms with E-state index in [2.05, 4.69) is 41.2 Å². The van der Waals surface area contributed by atoms with Crippen LogP contribution in [0.1, 0.15) is 45.6 Å². The van der Waals surface area contributed by atoms with Crippen LogP contribution < -0.4 is 0 Å². The summed E-state index contributed by atoms with van der Waals surface area (Å²) in [5.74, 6) is 0.666. The van der Waals surface area contributed by atoms with E-state index in [0.717, 1.165) is 18.6 Å². The molecule has 2 bridgehead atoms. The molecule has 0 amide bonds. The molecule has 2 aliphatic rings. The molecule has 0 saturated heterocycles. The van der Waals surface area contributed by atoms with E-state index in [4.69, 9.17) is 0 Å². The molecule has 4 rings (SSSR count). The highest BCUT2D eigenvalue weighted by atomic mass is 32.2. The minimum absolute atomic E-state index is 0.0163. The molecule has 2 aliphatic carbocycles. The van der Waals surface area contributed by atoms with Gasteiger partial charge in [-0.3, -0.25) is 10.1 Å². The van der Waals surface area contributed by atoms with Crippen LogP contribution >= 0.6 is 11.8 Å². The van der Waals surface area contributed by atoms with Crippen molar-refractivity contribution in [1.29, 1.82) is 0 Å². The zero-order valence-corrected chi connectivity index (χ0v) is 17.8. The van der Waals surface area contributed by atoms with E-state index >= 15 is 0 Å². The first-order valence-electron chi connectivity index (χ1n) is 9.63. The monoisotopic (exact) mass is 412 g/mol. The molecule has 8 nitrogen and oxygen atoms in total. The highest BCUT2D eigenvalue weighted by molar-refractivity contribution is 7.99. The number of nitrogens with zero attached hydrogens (tertiary/aromatic N) is 6. The molecular formula is C20H24N6O2S. The minimum Gasteiger partial charge on any atom is -0.311 e. The quantitative estimate of drug-likeness (QED) is 0.409. The summed E-state index contributed by atoms with van der Waals surface area (Å²) in [5.41, 5.74) is 2.16. The molecule has 29 heavy (non-hydrogen) atoms. The van der Waals surface area contributed by atoms with Crippen molar-refractivity contribution in [2.24, 2.45) is 34.0 Å². The molecule has 2 fully saturated rings. The number of aryl methyl sites for hydroxylation is 1. The van der Waals surface area contributed by atoms with Gasteiger partial charge in [0.15, 0.2) is 5.16 Å². The summed E-state index contributed by atoms with van der Waals surface area (Å²) in [6.45, 7) is 6.94. The van der Waals surface area contributed by atoms with Crippen molar-refractivity contribution in [3.05, 3.63) is 40.2 Å². The Balaban J connectivity index is 1.56. The summed E-state index contributed by atoms with van der Waals surface area (Å²) < 4.78 is 1.72. The van der Waals surface area contributed by atoms with Crippen molar-refractivity contribution in [3.63, 3.8) is 0 Å². The van der Waals surface area contributed by atoms with Gasteiger partial charge in [0.2, 0.25) is 0 Å². The van der Waals surface area contributed by atoms with Crippen LogP contribution in [0.2, 0.25) is 0 Å². The van der Waals surface area contributed by atoms with Gasteiger partial charge in [-0.05, 0) is 48.4 Å². The normalized spacial score (nSPS) is 26.6. The van der Waals surface area contributed by atoms with Gasteiger partial charge in [-0.2, -0.15) is 10.2 Å². The minimum atomic E-state index is -0.387. The molecule has 0 unspecified atom stereocenters. The molecule has 2 aromatic rings. The maximum Gasteiger partial charge on any atom is 0.283 e. The highest BCUT2D eigenvalue weighted by Gasteiger charge is 2.59. The second kappa shape index (κ2) is 7.05. The first-order valence-corrected chi connectivity index (χ1v) is 10.4. The molecule has 1 aromatic heterocycles. The second-order valence-corrected chi connectivity index (χ2v) is 9.60. The van der Waals surface area contributed by atoms with Gasteiger partial charge in [0.05, 0.1) is 16.0 Å². The van der Waals surface area contributed by atoms with Crippen molar-refractivity contribution in [2.45, 2.75) is 50.1 Å². The fraction of sp³-hybridized carbons (Fsp3) is 0.500. The fourth-order valence-corrected chi connectivity index (χ4v) is 5.40. The molecule has 0 N–H and O–H groups in total. The third-order valence-electron chi connectivity index (χ3n) is 6.95. The number of rotatable bonds is 5. The van der Waals surface area contributed by atoms with Crippen LogP contribution in [-0.2, 0) is 7.05 Å². The Kier molecular flexibility index (Phi) is 4.80. The maximum absolute atomic E-state index is 11.5. The van der Waals surface area contributed by atoms with E-state index in [1.807, 2.05) is 6.07 Å². The Morgan fingerprint density at radius 2 is 2.17 bits per heavy atom. The van der Waals surface area contributed by atoms with E-state index in [1.165, 1.54) is 24.2 Å². The van der Waals surface area contributed by atoms with Gasteiger partial charge in [0, 0.05) is 29.8 Å². The van der Waals surface area contributed by atoms with Crippen molar-refractivity contribution in [2.75, 3.05) is 0 Å². The number of fused-ring (bicyclic) bond motifs is 2. The molecule has 0 spiro atoms. The lowest BCUT2D eigenvalue weighted by atomic mass is 9.70. The Hall–Kier alpha value is -2.55. The van der Waals surface area contributed by atoms with E-state index in [0.29, 0.717) is 21.5 Å². The predicted molar refractivity (Wildman–Crippen MR) is 112 cm³/mol. The lowest BCUT2D eigenvalue weighted by Crippen LogP contribution is -2.32.